The molecule has 3 aromatic carbocycles. The van der Waals surface area contributed by atoms with Crippen LogP contribution in [0.5, 0.6) is 5.75 Å². The van der Waals surface area contributed by atoms with Gasteiger partial charge in [0.1, 0.15) is 5.75 Å². The van der Waals surface area contributed by atoms with Crippen molar-refractivity contribution in [1.29, 1.82) is 0 Å². The van der Waals surface area contributed by atoms with Crippen molar-refractivity contribution in [2.75, 3.05) is 18.0 Å². The first kappa shape index (κ1) is 24.4. The molecule has 0 unspecified atom stereocenters. The lowest BCUT2D eigenvalue weighted by Crippen LogP contribution is -2.35. The number of piperidine rings is 1. The van der Waals surface area contributed by atoms with Crippen molar-refractivity contribution in [3.8, 4) is 5.75 Å². The number of anilines is 1. The number of halogens is 1. The highest BCUT2D eigenvalue weighted by Crippen LogP contribution is 2.32. The minimum Gasteiger partial charge on any atom is -0.423 e. The van der Waals surface area contributed by atoms with Crippen LogP contribution in [0.25, 0.3) is 0 Å². The number of rotatable bonds is 5. The van der Waals surface area contributed by atoms with E-state index in [-0.39, 0.29) is 21.9 Å². The van der Waals surface area contributed by atoms with Crippen LogP contribution in [0.15, 0.2) is 76.1 Å². The zero-order chi connectivity index (χ0) is 25.4. The molecule has 0 atom stereocenters. The van der Waals surface area contributed by atoms with Crippen LogP contribution in [0.2, 0.25) is 0 Å². The Hall–Kier alpha value is -3.34. The van der Waals surface area contributed by atoms with Crippen LogP contribution in [-0.4, -0.2) is 43.6 Å². The predicted octanol–water partition coefficient (Wildman–Crippen LogP) is 4.64. The summed E-state index contributed by atoms with van der Waals surface area (Å²) in [6, 6.07) is 16.9. The first-order valence-corrected chi connectivity index (χ1v) is 13.6. The third kappa shape index (κ3) is 4.36. The van der Waals surface area contributed by atoms with Crippen LogP contribution < -0.4 is 9.64 Å². The van der Waals surface area contributed by atoms with Crippen molar-refractivity contribution in [3.63, 3.8) is 0 Å². The molecule has 0 bridgehead atoms. The number of carbonyl (C=O) groups excluding carboxylic acids is 3. The molecule has 8 nitrogen and oxygen atoms in total. The normalized spacial score (nSPS) is 16.2. The van der Waals surface area contributed by atoms with Crippen LogP contribution >= 0.6 is 15.9 Å². The number of ether oxygens (including phenoxy) is 1. The smallest absolute Gasteiger partial charge is 0.343 e. The summed E-state index contributed by atoms with van der Waals surface area (Å²) in [7, 11) is -3.78. The summed E-state index contributed by atoms with van der Waals surface area (Å²) >= 11 is 3.29. The second kappa shape index (κ2) is 9.61. The van der Waals surface area contributed by atoms with Gasteiger partial charge in [0.15, 0.2) is 0 Å². The molecule has 2 aliphatic heterocycles. The average molecular weight is 569 g/mol. The van der Waals surface area contributed by atoms with Crippen LogP contribution in [0.1, 0.15) is 50.3 Å². The third-order valence-electron chi connectivity index (χ3n) is 6.18. The van der Waals surface area contributed by atoms with Gasteiger partial charge in [-0.3, -0.25) is 9.59 Å². The van der Waals surface area contributed by atoms with E-state index in [0.29, 0.717) is 28.7 Å². The van der Waals surface area contributed by atoms with Gasteiger partial charge in [-0.05, 0) is 71.2 Å². The molecule has 2 aliphatic rings. The number of esters is 1. The molecule has 10 heteroatoms. The highest BCUT2D eigenvalue weighted by Gasteiger charge is 2.36. The minimum absolute atomic E-state index is 0.00127. The Labute approximate surface area is 216 Å². The molecule has 0 N–H and O–H groups in total. The highest BCUT2D eigenvalue weighted by molar-refractivity contribution is 9.10. The molecule has 5 rings (SSSR count). The van der Waals surface area contributed by atoms with E-state index in [1.165, 1.54) is 34.6 Å². The Balaban J connectivity index is 1.39. The Bertz CT molecular complexity index is 1460. The van der Waals surface area contributed by atoms with Gasteiger partial charge in [-0.1, -0.05) is 24.6 Å². The Morgan fingerprint density at radius 1 is 0.833 bits per heavy atom. The van der Waals surface area contributed by atoms with Gasteiger partial charge in [0.2, 0.25) is 10.0 Å². The van der Waals surface area contributed by atoms with E-state index >= 15 is 0 Å². The molecule has 1 fully saturated rings. The molecule has 2 amide bonds. The molecule has 3 aromatic rings. The van der Waals surface area contributed by atoms with Gasteiger partial charge in [-0.15, -0.1) is 0 Å². The van der Waals surface area contributed by atoms with Crippen molar-refractivity contribution in [3.05, 3.63) is 87.9 Å². The van der Waals surface area contributed by atoms with Crippen molar-refractivity contribution >= 4 is 49.4 Å². The van der Waals surface area contributed by atoms with E-state index in [9.17, 15) is 22.8 Å². The quantitative estimate of drug-likeness (QED) is 0.252. The fourth-order valence-corrected chi connectivity index (χ4v) is 6.82. The summed E-state index contributed by atoms with van der Waals surface area (Å²) in [6.45, 7) is 0.877. The number of sulfonamides is 1. The summed E-state index contributed by atoms with van der Waals surface area (Å²) in [5.74, 6) is -1.58. The molecule has 0 radical (unpaired) electrons. The second-order valence-corrected chi connectivity index (χ2v) is 11.2. The van der Waals surface area contributed by atoms with Gasteiger partial charge in [0.25, 0.3) is 11.8 Å². The van der Waals surface area contributed by atoms with Gasteiger partial charge in [0.05, 0.1) is 27.3 Å². The van der Waals surface area contributed by atoms with E-state index in [4.69, 9.17) is 4.74 Å². The van der Waals surface area contributed by atoms with E-state index in [1.807, 2.05) is 0 Å². The molecule has 2 heterocycles. The van der Waals surface area contributed by atoms with E-state index in [1.54, 1.807) is 36.4 Å². The van der Waals surface area contributed by atoms with Crippen LogP contribution in [0.3, 0.4) is 0 Å². The van der Waals surface area contributed by atoms with Crippen LogP contribution in [0.4, 0.5) is 5.69 Å². The number of nitrogens with zero attached hydrogens (tertiary/aromatic N) is 2. The number of hydrogen-bond donors (Lipinski definition) is 0. The molecule has 184 valence electrons. The Morgan fingerprint density at radius 2 is 1.50 bits per heavy atom. The van der Waals surface area contributed by atoms with Crippen LogP contribution in [-0.2, 0) is 10.0 Å². The van der Waals surface area contributed by atoms with Gasteiger partial charge in [0, 0.05) is 23.6 Å². The fraction of sp³-hybridized carbons (Fsp3) is 0.192. The van der Waals surface area contributed by atoms with Crippen molar-refractivity contribution in [1.82, 2.24) is 4.31 Å². The number of carbonyl (C=O) groups is 3. The number of fused-ring (bicyclic) bond motifs is 1. The van der Waals surface area contributed by atoms with Gasteiger partial charge < -0.3 is 4.74 Å². The first-order chi connectivity index (χ1) is 17.3. The van der Waals surface area contributed by atoms with Gasteiger partial charge >= 0.3 is 5.97 Å². The van der Waals surface area contributed by atoms with E-state index in [2.05, 4.69) is 15.9 Å². The summed E-state index contributed by atoms with van der Waals surface area (Å²) < 4.78 is 33.6. The maximum atomic E-state index is 13.2. The van der Waals surface area contributed by atoms with Gasteiger partial charge in [-0.2, -0.15) is 4.31 Å². The number of hydrogen-bond acceptors (Lipinski definition) is 6. The largest absolute Gasteiger partial charge is 0.423 e. The monoisotopic (exact) mass is 568 g/mol. The summed E-state index contributed by atoms with van der Waals surface area (Å²) in [5, 5.41) is 0. The Kier molecular flexibility index (Phi) is 6.50. The second-order valence-electron chi connectivity index (χ2n) is 8.49. The lowest BCUT2D eigenvalue weighted by molar-refractivity contribution is 0.0734. The number of imide groups is 1. The number of benzene rings is 3. The van der Waals surface area contributed by atoms with Crippen molar-refractivity contribution < 1.29 is 27.5 Å². The zero-order valence-corrected chi connectivity index (χ0v) is 21.4. The summed E-state index contributed by atoms with van der Waals surface area (Å²) in [4.78, 5) is 39.5. The molecular formula is C26H21BrN2O6S. The molecule has 36 heavy (non-hydrogen) atoms. The topological polar surface area (TPSA) is 101 Å². The van der Waals surface area contributed by atoms with Crippen molar-refractivity contribution in [2.45, 2.75) is 24.2 Å². The lowest BCUT2D eigenvalue weighted by Gasteiger charge is -2.26. The molecule has 0 aliphatic carbocycles. The highest BCUT2D eigenvalue weighted by atomic mass is 79.9. The van der Waals surface area contributed by atoms with Crippen molar-refractivity contribution in [2.24, 2.45) is 0 Å². The first-order valence-electron chi connectivity index (χ1n) is 11.4. The molecule has 0 aromatic heterocycles. The van der Waals surface area contributed by atoms with E-state index < -0.39 is 27.8 Å². The van der Waals surface area contributed by atoms with Crippen LogP contribution in [0, 0.1) is 0 Å². The van der Waals surface area contributed by atoms with Gasteiger partial charge in [-0.25, -0.2) is 18.1 Å². The summed E-state index contributed by atoms with van der Waals surface area (Å²) in [5.41, 5.74) is 0.931. The molecule has 0 saturated carbocycles. The Morgan fingerprint density at radius 3 is 2.17 bits per heavy atom. The zero-order valence-electron chi connectivity index (χ0n) is 19.0. The fourth-order valence-electron chi connectivity index (χ4n) is 4.35. The SMILES string of the molecule is O=C(Oc1cccc(N2C(=O)c3ccccc3C2=O)c1)c1ccc(Br)c(S(=O)(=O)N2CCCCC2)c1. The maximum Gasteiger partial charge on any atom is 0.343 e. The molecule has 1 saturated heterocycles. The van der Waals surface area contributed by atoms with E-state index in [0.717, 1.165) is 24.2 Å². The molecule has 0 spiro atoms. The summed E-state index contributed by atoms with van der Waals surface area (Å²) in [6.07, 6.45) is 2.57. The number of amides is 2. The predicted molar refractivity (Wildman–Crippen MR) is 136 cm³/mol. The average Bonchev–Trinajstić information content (AvgIpc) is 3.14. The maximum absolute atomic E-state index is 13.2. The minimum atomic E-state index is -3.78. The lowest BCUT2D eigenvalue weighted by atomic mass is 10.1. The molecular weight excluding hydrogens is 548 g/mol. The third-order valence-corrected chi connectivity index (χ3v) is 9.07. The standard InChI is InChI=1S/C26H21BrN2O6S/c27-22-12-11-17(15-23(22)36(33,34)28-13-4-1-5-14-28)26(32)35-19-8-6-7-18(16-19)29-24(30)20-9-2-3-10-21(20)25(29)31/h2-3,6-12,15-16H,1,4-5,13-14H2.